The summed E-state index contributed by atoms with van der Waals surface area (Å²) in [6, 6.07) is 0.969. The number of piperidine rings is 1. The van der Waals surface area contributed by atoms with Crippen LogP contribution in [0.3, 0.4) is 0 Å². The molecule has 0 aromatic heterocycles. The third-order valence-corrected chi connectivity index (χ3v) is 8.54. The van der Waals surface area contributed by atoms with E-state index in [1.807, 2.05) is 0 Å². The molecule has 21 heavy (non-hydrogen) atoms. The Kier molecular flexibility index (Phi) is 4.47. The quantitative estimate of drug-likeness (QED) is 0.441. The minimum atomic E-state index is 0. The third-order valence-electron chi connectivity index (χ3n) is 8.54. The molecule has 0 spiro atoms. The van der Waals surface area contributed by atoms with E-state index in [0.717, 1.165) is 17.9 Å². The van der Waals surface area contributed by atoms with Gasteiger partial charge in [0.05, 0.1) is 26.2 Å². The van der Waals surface area contributed by atoms with Crippen LogP contribution in [0.25, 0.3) is 0 Å². The van der Waals surface area contributed by atoms with Crippen LogP contribution >= 0.6 is 0 Å². The Bertz CT molecular complexity index is 410. The first-order valence-corrected chi connectivity index (χ1v) is 9.16. The van der Waals surface area contributed by atoms with Crippen LogP contribution in [0.1, 0.15) is 65.2 Å². The minimum absolute atomic E-state index is 0. The van der Waals surface area contributed by atoms with Gasteiger partial charge in [0.15, 0.2) is 0 Å². The van der Waals surface area contributed by atoms with Crippen LogP contribution in [0.4, 0.5) is 0 Å². The van der Waals surface area contributed by atoms with E-state index >= 15 is 0 Å². The summed E-state index contributed by atoms with van der Waals surface area (Å²) in [5.74, 6) is 1.93. The van der Waals surface area contributed by atoms with Gasteiger partial charge in [0.1, 0.15) is 0 Å². The summed E-state index contributed by atoms with van der Waals surface area (Å²) in [5, 5.41) is 0. The van der Waals surface area contributed by atoms with Gasteiger partial charge in [-0.15, -0.1) is 5.92 Å². The first kappa shape index (κ1) is 16.9. The molecule has 0 N–H and O–H groups in total. The van der Waals surface area contributed by atoms with Gasteiger partial charge in [0, 0.05) is 45.6 Å². The summed E-state index contributed by atoms with van der Waals surface area (Å²) >= 11 is 0. The molecule has 4 fully saturated rings. The van der Waals surface area contributed by atoms with E-state index in [1.54, 1.807) is 0 Å². The molecule has 2 aliphatic heterocycles. The number of hydrogen-bond donors (Lipinski definition) is 0. The molecule has 2 saturated carbocycles. The van der Waals surface area contributed by atoms with E-state index in [2.05, 4.69) is 27.3 Å². The zero-order valence-electron chi connectivity index (χ0n) is 14.4. The average Bonchev–Trinajstić information content (AvgIpc) is 2.81. The maximum Gasteiger partial charge on any atom is 0.0788 e. The molecule has 1 radical (unpaired) electrons. The zero-order valence-corrected chi connectivity index (χ0v) is 17.2. The molecular weight excluding hydrogens is 331 g/mol. The Morgan fingerprint density at radius 2 is 1.76 bits per heavy atom. The van der Waals surface area contributed by atoms with Gasteiger partial charge in [-0.3, -0.25) is 0 Å². The van der Waals surface area contributed by atoms with Crippen LogP contribution in [0, 0.1) is 29.1 Å². The van der Waals surface area contributed by atoms with Crippen molar-refractivity contribution in [1.29, 1.82) is 0 Å². The normalized spacial score (nSPS) is 55.9. The average molecular weight is 364 g/mol. The summed E-state index contributed by atoms with van der Waals surface area (Å²) in [7, 11) is 2.55. The number of fused-ring (bicyclic) bond motifs is 5. The van der Waals surface area contributed by atoms with Gasteiger partial charge in [-0.2, -0.15) is 6.42 Å². The number of hydrogen-bond acceptors (Lipinski definition) is 0. The third kappa shape index (κ3) is 2.27. The molecule has 1 nitrogen and oxygen atoms in total. The molecule has 2 heteroatoms. The van der Waals surface area contributed by atoms with Crippen molar-refractivity contribution in [2.24, 2.45) is 22.7 Å². The Labute approximate surface area is 157 Å². The second-order valence-corrected chi connectivity index (χ2v) is 9.23. The van der Waals surface area contributed by atoms with Crippen molar-refractivity contribution in [1.82, 2.24) is 0 Å². The van der Waals surface area contributed by atoms with Crippen molar-refractivity contribution in [3.63, 3.8) is 0 Å². The first-order chi connectivity index (χ1) is 9.49. The first-order valence-electron chi connectivity index (χ1n) is 9.16. The van der Waals surface area contributed by atoms with E-state index in [9.17, 15) is 0 Å². The predicted octanol–water partition coefficient (Wildman–Crippen LogP) is 4.42. The molecule has 6 atom stereocenters. The van der Waals surface area contributed by atoms with Crippen molar-refractivity contribution in [3.8, 4) is 0 Å². The van der Waals surface area contributed by atoms with Crippen molar-refractivity contribution in [2.75, 3.05) is 20.1 Å². The molecule has 117 valence electrons. The number of quaternary nitrogens is 1. The Morgan fingerprint density at radius 3 is 2.57 bits per heavy atom. The molecule has 2 aliphatic carbocycles. The minimum Gasteiger partial charge on any atom is -0.325 e. The molecular formula is C19H33NY. The van der Waals surface area contributed by atoms with Crippen LogP contribution in [0.5, 0.6) is 0 Å². The molecule has 0 bridgehead atoms. The molecule has 0 aromatic rings. The molecule has 4 aliphatic rings. The summed E-state index contributed by atoms with van der Waals surface area (Å²) in [5.41, 5.74) is 1.25. The summed E-state index contributed by atoms with van der Waals surface area (Å²) in [4.78, 5) is 0. The van der Waals surface area contributed by atoms with Gasteiger partial charge < -0.3 is 10.9 Å². The summed E-state index contributed by atoms with van der Waals surface area (Å²) in [6.07, 6.45) is 14.7. The second-order valence-electron chi connectivity index (χ2n) is 9.23. The SMILES string of the molecule is CC12C[CH-]C3C(CC[N+]4(C)CCCC34)C1(C)CCCC2.[Y]. The number of nitrogens with zero attached hydrogens (tertiary/aromatic N) is 1. The van der Waals surface area contributed by atoms with Crippen LogP contribution in [0.15, 0.2) is 0 Å². The standard InChI is InChI=1S/C19H33N.Y/c1-18-10-4-5-11-19(18,2)16-9-14-20(3)13-6-7-17(20)15(16)8-12-18;/h8,15-17H,4-7,9-14H2,1-3H3;. The van der Waals surface area contributed by atoms with E-state index in [1.165, 1.54) is 68.9 Å². The van der Waals surface area contributed by atoms with Crippen LogP contribution in [-0.2, 0) is 32.7 Å². The molecule has 0 aromatic carbocycles. The monoisotopic (exact) mass is 364 g/mol. The van der Waals surface area contributed by atoms with Gasteiger partial charge in [-0.1, -0.05) is 32.1 Å². The molecule has 2 saturated heterocycles. The van der Waals surface area contributed by atoms with Crippen LogP contribution in [-0.4, -0.2) is 30.7 Å². The van der Waals surface area contributed by atoms with Crippen LogP contribution < -0.4 is 0 Å². The van der Waals surface area contributed by atoms with Crippen molar-refractivity contribution in [3.05, 3.63) is 6.42 Å². The van der Waals surface area contributed by atoms with Crippen molar-refractivity contribution in [2.45, 2.75) is 71.3 Å². The topological polar surface area (TPSA) is 0 Å². The Balaban J connectivity index is 0.00000132. The number of rotatable bonds is 0. The van der Waals surface area contributed by atoms with Gasteiger partial charge in [0.25, 0.3) is 0 Å². The maximum absolute atomic E-state index is 2.81. The fourth-order valence-corrected chi connectivity index (χ4v) is 6.94. The molecule has 2 heterocycles. The van der Waals surface area contributed by atoms with Gasteiger partial charge in [-0.25, -0.2) is 0 Å². The molecule has 0 amide bonds. The van der Waals surface area contributed by atoms with E-state index in [-0.39, 0.29) is 32.7 Å². The summed E-state index contributed by atoms with van der Waals surface area (Å²) < 4.78 is 1.41. The maximum atomic E-state index is 2.81. The fraction of sp³-hybridized carbons (Fsp3) is 0.947. The van der Waals surface area contributed by atoms with Gasteiger partial charge >= 0.3 is 0 Å². The zero-order chi connectivity index (χ0) is 14.0. The van der Waals surface area contributed by atoms with E-state index in [4.69, 9.17) is 0 Å². The van der Waals surface area contributed by atoms with Gasteiger partial charge in [0.2, 0.25) is 0 Å². The fourth-order valence-electron chi connectivity index (χ4n) is 6.94. The van der Waals surface area contributed by atoms with Gasteiger partial charge in [-0.05, 0) is 30.6 Å². The molecule has 4 rings (SSSR count). The van der Waals surface area contributed by atoms with Crippen LogP contribution in [0.2, 0.25) is 0 Å². The Morgan fingerprint density at radius 1 is 1.00 bits per heavy atom. The van der Waals surface area contributed by atoms with E-state index in [0.29, 0.717) is 10.8 Å². The second kappa shape index (κ2) is 5.56. The largest absolute Gasteiger partial charge is 0.325 e. The van der Waals surface area contributed by atoms with Crippen molar-refractivity contribution < 1.29 is 37.2 Å². The smallest absolute Gasteiger partial charge is 0.0788 e. The predicted molar refractivity (Wildman–Crippen MR) is 84.1 cm³/mol. The Hall–Kier alpha value is 1.06. The molecule has 6 unspecified atom stereocenters. The summed E-state index contributed by atoms with van der Waals surface area (Å²) in [6.45, 7) is 8.22. The van der Waals surface area contributed by atoms with Crippen molar-refractivity contribution >= 4 is 0 Å². The van der Waals surface area contributed by atoms with E-state index < -0.39 is 0 Å².